The molecule has 0 saturated carbocycles. The highest BCUT2D eigenvalue weighted by Crippen LogP contribution is 2.30. The molecule has 1 aliphatic rings. The quantitative estimate of drug-likeness (QED) is 0.891. The van der Waals surface area contributed by atoms with E-state index in [0.29, 0.717) is 12.2 Å². The molecule has 0 spiro atoms. The van der Waals surface area contributed by atoms with E-state index in [1.54, 1.807) is 17.0 Å². The highest BCUT2D eigenvalue weighted by Gasteiger charge is 2.32. The Morgan fingerprint density at radius 3 is 2.65 bits per heavy atom. The molecule has 1 unspecified atom stereocenters. The normalized spacial score (nSPS) is 18.2. The minimum atomic E-state index is -0.305. The van der Waals surface area contributed by atoms with E-state index in [-0.39, 0.29) is 17.9 Å². The third-order valence-corrected chi connectivity index (χ3v) is 3.51. The molecular weight excluding hydrogens is 255 g/mol. The van der Waals surface area contributed by atoms with Gasteiger partial charge in [-0.3, -0.25) is 4.90 Å². The second-order valence-electron chi connectivity index (χ2n) is 4.96. The Morgan fingerprint density at radius 1 is 1.20 bits per heavy atom. The van der Waals surface area contributed by atoms with Gasteiger partial charge in [0.25, 0.3) is 0 Å². The van der Waals surface area contributed by atoms with Gasteiger partial charge in [-0.05, 0) is 36.8 Å². The Labute approximate surface area is 117 Å². The molecule has 1 N–H and O–H groups in total. The molecule has 2 aromatic carbocycles. The summed E-state index contributed by atoms with van der Waals surface area (Å²) in [5.41, 5.74) is 2.93. The number of hydrogen-bond acceptors (Lipinski definition) is 1. The number of carbonyl (C=O) groups excluding carboxylic acids is 1. The van der Waals surface area contributed by atoms with Gasteiger partial charge in [0, 0.05) is 12.2 Å². The Balaban J connectivity index is 1.98. The number of halogens is 1. The first kappa shape index (κ1) is 12.7. The smallest absolute Gasteiger partial charge is 0.322 e. The molecule has 1 heterocycles. The number of nitrogens with one attached hydrogen (secondary N) is 1. The zero-order valence-electron chi connectivity index (χ0n) is 11.1. The monoisotopic (exact) mass is 270 g/mol. The summed E-state index contributed by atoms with van der Waals surface area (Å²) in [6.45, 7) is 2.58. The van der Waals surface area contributed by atoms with Gasteiger partial charge in [0.05, 0.1) is 6.04 Å². The van der Waals surface area contributed by atoms with Crippen LogP contribution in [0.1, 0.15) is 17.2 Å². The highest BCUT2D eigenvalue weighted by atomic mass is 19.1. The van der Waals surface area contributed by atoms with Crippen molar-refractivity contribution in [2.24, 2.45) is 0 Å². The number of urea groups is 1. The molecule has 3 rings (SSSR count). The van der Waals surface area contributed by atoms with Crippen LogP contribution in [-0.2, 0) is 0 Å². The van der Waals surface area contributed by atoms with Crippen LogP contribution in [0.5, 0.6) is 0 Å². The average molecular weight is 270 g/mol. The molecule has 1 fully saturated rings. The van der Waals surface area contributed by atoms with Gasteiger partial charge < -0.3 is 5.32 Å². The molecule has 102 valence electrons. The van der Waals surface area contributed by atoms with Crippen LogP contribution in [0.25, 0.3) is 0 Å². The summed E-state index contributed by atoms with van der Waals surface area (Å²) in [6, 6.07) is 13.9. The van der Waals surface area contributed by atoms with Gasteiger partial charge in [-0.25, -0.2) is 9.18 Å². The molecule has 0 radical (unpaired) electrons. The maximum Gasteiger partial charge on any atom is 0.322 e. The van der Waals surface area contributed by atoms with Crippen molar-refractivity contribution in [3.05, 3.63) is 65.5 Å². The van der Waals surface area contributed by atoms with Crippen molar-refractivity contribution in [1.29, 1.82) is 0 Å². The van der Waals surface area contributed by atoms with Crippen molar-refractivity contribution in [3.8, 4) is 0 Å². The van der Waals surface area contributed by atoms with Crippen molar-refractivity contribution < 1.29 is 9.18 Å². The second kappa shape index (κ2) is 4.96. The predicted octanol–water partition coefficient (Wildman–Crippen LogP) is 3.41. The standard InChI is InChI=1S/C16H15FN2O/c1-11-3-2-4-12(9-11)15-10-18-16(20)19(15)14-7-5-13(17)6-8-14/h2-9,15H,10H2,1H3,(H,18,20). The lowest BCUT2D eigenvalue weighted by atomic mass is 10.0. The first-order valence-electron chi connectivity index (χ1n) is 6.54. The molecule has 20 heavy (non-hydrogen) atoms. The number of nitrogens with zero attached hydrogens (tertiary/aromatic N) is 1. The summed E-state index contributed by atoms with van der Waals surface area (Å²) in [7, 11) is 0. The average Bonchev–Trinajstić information content (AvgIpc) is 2.82. The molecular formula is C16H15FN2O. The first-order valence-corrected chi connectivity index (χ1v) is 6.54. The lowest BCUT2D eigenvalue weighted by molar-refractivity contribution is 0.251. The summed E-state index contributed by atoms with van der Waals surface area (Å²) in [4.78, 5) is 13.7. The fourth-order valence-electron chi connectivity index (χ4n) is 2.55. The van der Waals surface area contributed by atoms with Crippen LogP contribution >= 0.6 is 0 Å². The Hall–Kier alpha value is -2.36. The maximum absolute atomic E-state index is 13.0. The van der Waals surface area contributed by atoms with E-state index < -0.39 is 0 Å². The SMILES string of the molecule is Cc1cccc(C2CNC(=O)N2c2ccc(F)cc2)c1. The minimum Gasteiger partial charge on any atom is -0.335 e. The van der Waals surface area contributed by atoms with E-state index in [1.807, 2.05) is 25.1 Å². The summed E-state index contributed by atoms with van der Waals surface area (Å²) in [5.74, 6) is -0.305. The summed E-state index contributed by atoms with van der Waals surface area (Å²) in [6.07, 6.45) is 0. The molecule has 4 heteroatoms. The summed E-state index contributed by atoms with van der Waals surface area (Å²) < 4.78 is 13.0. The van der Waals surface area contributed by atoms with E-state index in [2.05, 4.69) is 11.4 Å². The number of hydrogen-bond donors (Lipinski definition) is 1. The van der Waals surface area contributed by atoms with E-state index >= 15 is 0 Å². The largest absolute Gasteiger partial charge is 0.335 e. The van der Waals surface area contributed by atoms with Crippen LogP contribution in [0.2, 0.25) is 0 Å². The summed E-state index contributed by atoms with van der Waals surface area (Å²) >= 11 is 0. The Morgan fingerprint density at radius 2 is 1.95 bits per heavy atom. The van der Waals surface area contributed by atoms with E-state index in [1.165, 1.54) is 12.1 Å². The molecule has 3 nitrogen and oxygen atoms in total. The third-order valence-electron chi connectivity index (χ3n) is 3.51. The number of anilines is 1. The van der Waals surface area contributed by atoms with E-state index in [0.717, 1.165) is 11.1 Å². The number of amides is 2. The van der Waals surface area contributed by atoms with Crippen LogP contribution in [0.4, 0.5) is 14.9 Å². The molecule has 1 saturated heterocycles. The lowest BCUT2D eigenvalue weighted by Crippen LogP contribution is -2.29. The fourth-order valence-corrected chi connectivity index (χ4v) is 2.55. The molecule has 0 aromatic heterocycles. The number of benzene rings is 2. The van der Waals surface area contributed by atoms with Gasteiger partial charge in [0.15, 0.2) is 0 Å². The molecule has 1 aliphatic heterocycles. The van der Waals surface area contributed by atoms with Crippen molar-refractivity contribution >= 4 is 11.7 Å². The Kier molecular flexibility index (Phi) is 3.14. The van der Waals surface area contributed by atoms with Gasteiger partial charge in [-0.15, -0.1) is 0 Å². The zero-order valence-corrected chi connectivity index (χ0v) is 11.1. The van der Waals surface area contributed by atoms with Gasteiger partial charge in [0.2, 0.25) is 0 Å². The third kappa shape index (κ3) is 2.25. The number of carbonyl (C=O) groups is 1. The van der Waals surface area contributed by atoms with E-state index in [4.69, 9.17) is 0 Å². The maximum atomic E-state index is 13.0. The van der Waals surface area contributed by atoms with Crippen molar-refractivity contribution in [2.75, 3.05) is 11.4 Å². The van der Waals surface area contributed by atoms with E-state index in [9.17, 15) is 9.18 Å². The van der Waals surface area contributed by atoms with Crippen LogP contribution in [0.3, 0.4) is 0 Å². The Bertz CT molecular complexity index is 639. The first-order chi connectivity index (χ1) is 9.65. The summed E-state index contributed by atoms with van der Waals surface area (Å²) in [5, 5.41) is 2.84. The predicted molar refractivity (Wildman–Crippen MR) is 76.2 cm³/mol. The molecule has 0 aliphatic carbocycles. The number of rotatable bonds is 2. The fraction of sp³-hybridized carbons (Fsp3) is 0.188. The lowest BCUT2D eigenvalue weighted by Gasteiger charge is -2.23. The minimum absolute atomic E-state index is 0.0622. The van der Waals surface area contributed by atoms with Crippen LogP contribution < -0.4 is 10.2 Å². The van der Waals surface area contributed by atoms with Crippen molar-refractivity contribution in [3.63, 3.8) is 0 Å². The van der Waals surface area contributed by atoms with Crippen molar-refractivity contribution in [2.45, 2.75) is 13.0 Å². The van der Waals surface area contributed by atoms with Crippen LogP contribution in [0.15, 0.2) is 48.5 Å². The van der Waals surface area contributed by atoms with Crippen LogP contribution in [0, 0.1) is 12.7 Å². The van der Waals surface area contributed by atoms with Crippen molar-refractivity contribution in [1.82, 2.24) is 5.32 Å². The van der Waals surface area contributed by atoms with Gasteiger partial charge in [-0.1, -0.05) is 29.8 Å². The highest BCUT2D eigenvalue weighted by molar-refractivity contribution is 5.95. The second-order valence-corrected chi connectivity index (χ2v) is 4.96. The van der Waals surface area contributed by atoms with Gasteiger partial charge in [-0.2, -0.15) is 0 Å². The molecule has 1 atom stereocenters. The number of aryl methyl sites for hydroxylation is 1. The van der Waals surface area contributed by atoms with Gasteiger partial charge >= 0.3 is 6.03 Å². The zero-order chi connectivity index (χ0) is 14.1. The molecule has 2 amide bonds. The van der Waals surface area contributed by atoms with Crippen LogP contribution in [-0.4, -0.2) is 12.6 Å². The molecule has 2 aromatic rings. The molecule has 0 bridgehead atoms. The topological polar surface area (TPSA) is 32.3 Å². The van der Waals surface area contributed by atoms with Gasteiger partial charge in [0.1, 0.15) is 5.82 Å².